The summed E-state index contributed by atoms with van der Waals surface area (Å²) < 4.78 is 13.6. The number of hydrogen-bond donors (Lipinski definition) is 1. The Balaban J connectivity index is 1.65. The van der Waals surface area contributed by atoms with Crippen molar-refractivity contribution in [1.82, 2.24) is 0 Å². The number of rotatable bonds is 3. The van der Waals surface area contributed by atoms with E-state index in [1.165, 1.54) is 11.6 Å². The topological polar surface area (TPSA) is 24.4 Å². The number of nitrogens with zero attached hydrogens (tertiary/aromatic N) is 1. The molecule has 0 spiro atoms. The number of thioether (sulfide) groups is 1. The number of anilines is 1. The van der Waals surface area contributed by atoms with E-state index in [-0.39, 0.29) is 11.9 Å². The van der Waals surface area contributed by atoms with Gasteiger partial charge in [-0.15, -0.1) is 0 Å². The van der Waals surface area contributed by atoms with Crippen molar-refractivity contribution in [3.63, 3.8) is 0 Å². The van der Waals surface area contributed by atoms with Crippen LogP contribution in [-0.4, -0.2) is 17.0 Å². The van der Waals surface area contributed by atoms with E-state index in [1.54, 1.807) is 23.9 Å². The van der Waals surface area contributed by atoms with Gasteiger partial charge in [-0.05, 0) is 24.1 Å². The third-order valence-corrected chi connectivity index (χ3v) is 4.17. The fourth-order valence-electron chi connectivity index (χ4n) is 2.15. The average molecular weight is 286 g/mol. The Bertz CT molecular complexity index is 613. The van der Waals surface area contributed by atoms with E-state index >= 15 is 0 Å². The molecule has 0 aromatic heterocycles. The average Bonchev–Trinajstić information content (AvgIpc) is 2.90. The van der Waals surface area contributed by atoms with Gasteiger partial charge < -0.3 is 5.32 Å². The zero-order valence-corrected chi connectivity index (χ0v) is 11.7. The molecular weight excluding hydrogens is 271 g/mol. The van der Waals surface area contributed by atoms with Crippen molar-refractivity contribution in [2.75, 3.05) is 11.1 Å². The molecule has 0 saturated heterocycles. The molecule has 102 valence electrons. The van der Waals surface area contributed by atoms with Crippen molar-refractivity contribution < 1.29 is 4.39 Å². The van der Waals surface area contributed by atoms with Gasteiger partial charge in [-0.2, -0.15) is 0 Å². The van der Waals surface area contributed by atoms with Crippen molar-refractivity contribution in [3.8, 4) is 0 Å². The number of para-hydroxylation sites is 1. The van der Waals surface area contributed by atoms with Gasteiger partial charge in [0, 0.05) is 5.75 Å². The molecule has 3 rings (SSSR count). The summed E-state index contributed by atoms with van der Waals surface area (Å²) in [6.45, 7) is 0. The number of amidine groups is 1. The van der Waals surface area contributed by atoms with E-state index in [1.807, 2.05) is 24.3 Å². The summed E-state index contributed by atoms with van der Waals surface area (Å²) in [5.41, 5.74) is 1.77. The van der Waals surface area contributed by atoms with Crippen LogP contribution in [0.15, 0.2) is 59.6 Å². The normalized spacial score (nSPS) is 17.9. The summed E-state index contributed by atoms with van der Waals surface area (Å²) in [5.74, 6) is 0.688. The Hall–Kier alpha value is -1.81. The third-order valence-electron chi connectivity index (χ3n) is 3.14. The van der Waals surface area contributed by atoms with Crippen LogP contribution in [-0.2, 0) is 6.42 Å². The lowest BCUT2D eigenvalue weighted by Crippen LogP contribution is -2.08. The lowest BCUT2D eigenvalue weighted by Gasteiger charge is -2.06. The third kappa shape index (κ3) is 3.20. The molecule has 1 aliphatic heterocycles. The molecule has 0 aliphatic carbocycles. The molecule has 20 heavy (non-hydrogen) atoms. The zero-order chi connectivity index (χ0) is 13.8. The standard InChI is InChI=1S/C16H15FN2S/c17-14-8-4-5-9-15(14)19-16-18-13(11-20-16)10-12-6-2-1-3-7-12/h1-9,13H,10-11H2,(H,18,19). The fourth-order valence-corrected chi connectivity index (χ4v) is 3.10. The van der Waals surface area contributed by atoms with Gasteiger partial charge in [0.1, 0.15) is 5.82 Å². The molecule has 2 aromatic carbocycles. The highest BCUT2D eigenvalue weighted by Gasteiger charge is 2.19. The first-order chi connectivity index (χ1) is 9.81. The Morgan fingerprint density at radius 2 is 1.85 bits per heavy atom. The monoisotopic (exact) mass is 286 g/mol. The molecule has 2 aromatic rings. The maximum Gasteiger partial charge on any atom is 0.161 e. The number of aliphatic imine (C=N–C) groups is 1. The molecular formula is C16H15FN2S. The number of benzene rings is 2. The summed E-state index contributed by atoms with van der Waals surface area (Å²) in [5, 5.41) is 3.86. The SMILES string of the molecule is Fc1ccccc1NC1=NC(Cc2ccccc2)CS1. The first kappa shape index (κ1) is 13.2. The van der Waals surface area contributed by atoms with Gasteiger partial charge >= 0.3 is 0 Å². The maximum absolute atomic E-state index is 13.6. The lowest BCUT2D eigenvalue weighted by atomic mass is 10.1. The molecule has 4 heteroatoms. The van der Waals surface area contributed by atoms with E-state index in [9.17, 15) is 4.39 Å². The van der Waals surface area contributed by atoms with E-state index in [0.717, 1.165) is 17.3 Å². The Kier molecular flexibility index (Phi) is 4.02. The van der Waals surface area contributed by atoms with Gasteiger partial charge in [0.2, 0.25) is 0 Å². The summed E-state index contributed by atoms with van der Waals surface area (Å²) in [6.07, 6.45) is 0.927. The molecule has 1 unspecified atom stereocenters. The largest absolute Gasteiger partial charge is 0.333 e. The zero-order valence-electron chi connectivity index (χ0n) is 10.9. The van der Waals surface area contributed by atoms with Crippen molar-refractivity contribution in [2.45, 2.75) is 12.5 Å². The van der Waals surface area contributed by atoms with Gasteiger partial charge in [0.25, 0.3) is 0 Å². The maximum atomic E-state index is 13.6. The van der Waals surface area contributed by atoms with Crippen LogP contribution in [0.4, 0.5) is 10.1 Å². The van der Waals surface area contributed by atoms with Crippen molar-refractivity contribution in [1.29, 1.82) is 0 Å². The van der Waals surface area contributed by atoms with Gasteiger partial charge in [-0.25, -0.2) is 4.39 Å². The molecule has 0 saturated carbocycles. The second-order valence-corrected chi connectivity index (χ2v) is 5.70. The summed E-state index contributed by atoms with van der Waals surface area (Å²) in [4.78, 5) is 4.62. The second-order valence-electron chi connectivity index (χ2n) is 4.69. The summed E-state index contributed by atoms with van der Waals surface area (Å²) >= 11 is 1.65. The minimum Gasteiger partial charge on any atom is -0.333 e. The minimum absolute atomic E-state index is 0.248. The molecule has 1 aliphatic rings. The highest BCUT2D eigenvalue weighted by atomic mass is 32.2. The second kappa shape index (κ2) is 6.09. The summed E-state index contributed by atoms with van der Waals surface area (Å²) in [7, 11) is 0. The number of hydrogen-bond acceptors (Lipinski definition) is 3. The van der Waals surface area contributed by atoms with Crippen LogP contribution in [0.2, 0.25) is 0 Å². The van der Waals surface area contributed by atoms with Gasteiger partial charge in [-0.3, -0.25) is 4.99 Å². The number of halogens is 1. The Labute approximate surface area is 122 Å². The number of nitrogens with one attached hydrogen (secondary N) is 1. The van der Waals surface area contributed by atoms with Gasteiger partial charge in [-0.1, -0.05) is 54.2 Å². The lowest BCUT2D eigenvalue weighted by molar-refractivity contribution is 0.632. The van der Waals surface area contributed by atoms with Crippen LogP contribution in [0.3, 0.4) is 0 Å². The first-order valence-corrected chi connectivity index (χ1v) is 7.56. The van der Waals surface area contributed by atoms with E-state index in [0.29, 0.717) is 5.69 Å². The van der Waals surface area contributed by atoms with E-state index in [4.69, 9.17) is 0 Å². The summed E-state index contributed by atoms with van der Waals surface area (Å²) in [6, 6.07) is 17.3. The van der Waals surface area contributed by atoms with Gasteiger partial charge in [0.05, 0.1) is 11.7 Å². The van der Waals surface area contributed by atoms with Crippen LogP contribution in [0.5, 0.6) is 0 Å². The Morgan fingerprint density at radius 1 is 1.10 bits per heavy atom. The smallest absolute Gasteiger partial charge is 0.161 e. The van der Waals surface area contributed by atoms with Crippen molar-refractivity contribution >= 4 is 22.6 Å². The van der Waals surface area contributed by atoms with Crippen molar-refractivity contribution in [3.05, 3.63) is 66.0 Å². The van der Waals surface area contributed by atoms with Gasteiger partial charge in [0.15, 0.2) is 5.17 Å². The highest BCUT2D eigenvalue weighted by Crippen LogP contribution is 2.23. The van der Waals surface area contributed by atoms with Crippen LogP contribution < -0.4 is 5.32 Å². The highest BCUT2D eigenvalue weighted by molar-refractivity contribution is 8.14. The molecule has 0 radical (unpaired) electrons. The predicted octanol–water partition coefficient (Wildman–Crippen LogP) is 3.95. The van der Waals surface area contributed by atoms with Crippen LogP contribution >= 0.6 is 11.8 Å². The Morgan fingerprint density at radius 3 is 2.65 bits per heavy atom. The molecule has 2 nitrogen and oxygen atoms in total. The predicted molar refractivity (Wildman–Crippen MR) is 83.8 cm³/mol. The molecule has 1 atom stereocenters. The molecule has 0 amide bonds. The molecule has 0 bridgehead atoms. The first-order valence-electron chi connectivity index (χ1n) is 6.57. The fraction of sp³-hybridized carbons (Fsp3) is 0.188. The van der Waals surface area contributed by atoms with Crippen LogP contribution in [0.1, 0.15) is 5.56 Å². The molecule has 1 heterocycles. The van der Waals surface area contributed by atoms with Crippen LogP contribution in [0, 0.1) is 5.82 Å². The van der Waals surface area contributed by atoms with E-state index < -0.39 is 0 Å². The molecule has 1 N–H and O–H groups in total. The minimum atomic E-state index is -0.248. The van der Waals surface area contributed by atoms with Crippen molar-refractivity contribution in [2.24, 2.45) is 4.99 Å². The molecule has 0 fully saturated rings. The van der Waals surface area contributed by atoms with E-state index in [2.05, 4.69) is 22.4 Å². The quantitative estimate of drug-likeness (QED) is 0.924. The van der Waals surface area contributed by atoms with Crippen LogP contribution in [0.25, 0.3) is 0 Å².